The van der Waals surface area contributed by atoms with Gasteiger partial charge in [0.1, 0.15) is 0 Å². The lowest BCUT2D eigenvalue weighted by Crippen LogP contribution is -2.36. The Kier molecular flexibility index (Phi) is 5.56. The van der Waals surface area contributed by atoms with Crippen molar-refractivity contribution < 1.29 is 20.2 Å². The molecule has 78 valence electrons. The smallest absolute Gasteiger partial charge is 0.242 e. The molecule has 0 spiro atoms. The molecule has 0 heterocycles. The second-order valence-corrected chi connectivity index (χ2v) is 2.80. The van der Waals surface area contributed by atoms with Crippen molar-refractivity contribution in [2.75, 3.05) is 13.1 Å². The molecule has 0 saturated heterocycles. The van der Waals surface area contributed by atoms with Crippen LogP contribution < -0.4 is 5.73 Å². The van der Waals surface area contributed by atoms with Crippen LogP contribution in [0, 0.1) is 0 Å². The summed E-state index contributed by atoms with van der Waals surface area (Å²) < 4.78 is 0. The zero-order chi connectivity index (χ0) is 10.4. The highest BCUT2D eigenvalue weighted by molar-refractivity contribution is 5.71. The Balaban J connectivity index is 3.69. The molecule has 0 saturated carbocycles. The molecular weight excluding hydrogens is 176 g/mol. The first kappa shape index (κ1) is 12.3. The SMILES string of the molecule is CC(=O)N(O)CCC(O)C(O)CN. The summed E-state index contributed by atoms with van der Waals surface area (Å²) in [5, 5.41) is 27.6. The van der Waals surface area contributed by atoms with Crippen LogP contribution in [0.2, 0.25) is 0 Å². The molecule has 13 heavy (non-hydrogen) atoms. The summed E-state index contributed by atoms with van der Waals surface area (Å²) in [4.78, 5) is 10.5. The van der Waals surface area contributed by atoms with Crippen molar-refractivity contribution in [3.8, 4) is 0 Å². The number of aliphatic hydroxyl groups excluding tert-OH is 2. The van der Waals surface area contributed by atoms with Crippen molar-refractivity contribution >= 4 is 5.91 Å². The topological polar surface area (TPSA) is 107 Å². The molecule has 0 rings (SSSR count). The fraction of sp³-hybridized carbons (Fsp3) is 0.857. The van der Waals surface area contributed by atoms with Crippen LogP contribution in [0.15, 0.2) is 0 Å². The molecule has 0 aliphatic heterocycles. The van der Waals surface area contributed by atoms with Gasteiger partial charge in [-0.15, -0.1) is 0 Å². The van der Waals surface area contributed by atoms with Gasteiger partial charge in [0.15, 0.2) is 0 Å². The summed E-state index contributed by atoms with van der Waals surface area (Å²) in [5.74, 6) is -0.505. The minimum Gasteiger partial charge on any atom is -0.390 e. The monoisotopic (exact) mass is 192 g/mol. The van der Waals surface area contributed by atoms with Crippen LogP contribution in [0.25, 0.3) is 0 Å². The van der Waals surface area contributed by atoms with Crippen LogP contribution in [-0.2, 0) is 4.79 Å². The fourth-order valence-electron chi connectivity index (χ4n) is 0.761. The summed E-state index contributed by atoms with van der Waals surface area (Å²) >= 11 is 0. The van der Waals surface area contributed by atoms with Gasteiger partial charge in [-0.3, -0.25) is 10.0 Å². The summed E-state index contributed by atoms with van der Waals surface area (Å²) in [5.41, 5.74) is 5.09. The molecule has 0 aromatic carbocycles. The van der Waals surface area contributed by atoms with E-state index in [1.54, 1.807) is 0 Å². The van der Waals surface area contributed by atoms with Gasteiger partial charge in [0.2, 0.25) is 5.91 Å². The van der Waals surface area contributed by atoms with Gasteiger partial charge in [-0.25, -0.2) is 5.06 Å². The molecule has 6 heteroatoms. The van der Waals surface area contributed by atoms with Crippen molar-refractivity contribution in [2.24, 2.45) is 5.73 Å². The number of aliphatic hydroxyl groups is 2. The number of hydroxylamine groups is 2. The normalized spacial score (nSPS) is 15.2. The largest absolute Gasteiger partial charge is 0.390 e. The van der Waals surface area contributed by atoms with Gasteiger partial charge in [0.05, 0.1) is 18.8 Å². The van der Waals surface area contributed by atoms with Gasteiger partial charge in [-0.05, 0) is 6.42 Å². The zero-order valence-corrected chi connectivity index (χ0v) is 7.55. The third-order valence-corrected chi connectivity index (χ3v) is 1.69. The van der Waals surface area contributed by atoms with E-state index in [1.165, 1.54) is 6.92 Å². The highest BCUT2D eigenvalue weighted by Crippen LogP contribution is 1.99. The Morgan fingerprint density at radius 2 is 2.00 bits per heavy atom. The zero-order valence-electron chi connectivity index (χ0n) is 7.55. The summed E-state index contributed by atoms with van der Waals surface area (Å²) in [7, 11) is 0. The molecule has 0 aliphatic rings. The second kappa shape index (κ2) is 5.87. The number of hydrogen-bond donors (Lipinski definition) is 4. The highest BCUT2D eigenvalue weighted by atomic mass is 16.5. The molecule has 5 N–H and O–H groups in total. The Morgan fingerprint density at radius 3 is 2.38 bits per heavy atom. The number of nitrogens with zero attached hydrogens (tertiary/aromatic N) is 1. The van der Waals surface area contributed by atoms with Crippen molar-refractivity contribution in [3.63, 3.8) is 0 Å². The van der Waals surface area contributed by atoms with E-state index in [2.05, 4.69) is 0 Å². The van der Waals surface area contributed by atoms with E-state index >= 15 is 0 Å². The Labute approximate surface area is 76.5 Å². The van der Waals surface area contributed by atoms with Crippen LogP contribution in [0.3, 0.4) is 0 Å². The van der Waals surface area contributed by atoms with Crippen LogP contribution in [0.5, 0.6) is 0 Å². The van der Waals surface area contributed by atoms with E-state index < -0.39 is 18.1 Å². The number of rotatable bonds is 5. The lowest BCUT2D eigenvalue weighted by atomic mass is 10.1. The quantitative estimate of drug-likeness (QED) is 0.306. The first-order valence-corrected chi connectivity index (χ1v) is 4.02. The van der Waals surface area contributed by atoms with E-state index in [4.69, 9.17) is 21.2 Å². The lowest BCUT2D eigenvalue weighted by molar-refractivity contribution is -0.164. The minimum atomic E-state index is -1.01. The average molecular weight is 192 g/mol. The molecule has 2 atom stereocenters. The predicted octanol–water partition coefficient (Wildman–Crippen LogP) is -1.71. The van der Waals surface area contributed by atoms with E-state index in [-0.39, 0.29) is 19.5 Å². The maximum atomic E-state index is 10.5. The van der Waals surface area contributed by atoms with Crippen LogP contribution in [0.4, 0.5) is 0 Å². The number of hydrogen-bond acceptors (Lipinski definition) is 5. The molecule has 0 aliphatic carbocycles. The van der Waals surface area contributed by atoms with Crippen LogP contribution in [-0.4, -0.2) is 51.7 Å². The second-order valence-electron chi connectivity index (χ2n) is 2.80. The van der Waals surface area contributed by atoms with Gasteiger partial charge in [0, 0.05) is 13.5 Å². The fourth-order valence-corrected chi connectivity index (χ4v) is 0.761. The summed E-state index contributed by atoms with van der Waals surface area (Å²) in [6.45, 7) is 1.13. The molecular formula is C7H16N2O4. The molecule has 2 unspecified atom stereocenters. The third kappa shape index (κ3) is 4.79. The predicted molar refractivity (Wildman–Crippen MR) is 44.9 cm³/mol. The summed E-state index contributed by atoms with van der Waals surface area (Å²) in [6, 6.07) is 0. The van der Waals surface area contributed by atoms with Gasteiger partial charge in [-0.2, -0.15) is 0 Å². The molecule has 6 nitrogen and oxygen atoms in total. The van der Waals surface area contributed by atoms with E-state index in [1.807, 2.05) is 0 Å². The minimum absolute atomic E-state index is 0.0203. The number of carbonyl (C=O) groups excluding carboxylic acids is 1. The Hall–Kier alpha value is -0.690. The third-order valence-electron chi connectivity index (χ3n) is 1.69. The number of carbonyl (C=O) groups is 1. The van der Waals surface area contributed by atoms with Crippen LogP contribution in [0.1, 0.15) is 13.3 Å². The van der Waals surface area contributed by atoms with E-state index in [0.717, 1.165) is 0 Å². The number of amides is 1. The van der Waals surface area contributed by atoms with Crippen molar-refractivity contribution in [2.45, 2.75) is 25.6 Å². The Morgan fingerprint density at radius 1 is 1.46 bits per heavy atom. The number of nitrogens with two attached hydrogens (primary N) is 1. The standard InChI is InChI=1S/C7H16N2O4/c1-5(10)9(13)3-2-6(11)7(12)4-8/h6-7,11-13H,2-4,8H2,1H3. The molecule has 0 radical (unpaired) electrons. The summed E-state index contributed by atoms with van der Waals surface area (Å²) in [6.07, 6.45) is -1.94. The van der Waals surface area contributed by atoms with Crippen molar-refractivity contribution in [1.82, 2.24) is 5.06 Å². The molecule has 1 amide bonds. The average Bonchev–Trinajstić information content (AvgIpc) is 2.11. The van der Waals surface area contributed by atoms with Crippen molar-refractivity contribution in [1.29, 1.82) is 0 Å². The first-order valence-electron chi connectivity index (χ1n) is 4.02. The van der Waals surface area contributed by atoms with Gasteiger partial charge in [-0.1, -0.05) is 0 Å². The first-order chi connectivity index (χ1) is 5.99. The Bertz CT molecular complexity index is 165. The lowest BCUT2D eigenvalue weighted by Gasteiger charge is -2.18. The molecule has 0 aromatic heterocycles. The maximum Gasteiger partial charge on any atom is 0.242 e. The molecule has 0 bridgehead atoms. The maximum absolute atomic E-state index is 10.5. The molecule has 0 fully saturated rings. The van der Waals surface area contributed by atoms with E-state index in [0.29, 0.717) is 5.06 Å². The highest BCUT2D eigenvalue weighted by Gasteiger charge is 2.16. The van der Waals surface area contributed by atoms with E-state index in [9.17, 15) is 4.79 Å². The van der Waals surface area contributed by atoms with Crippen molar-refractivity contribution in [3.05, 3.63) is 0 Å². The van der Waals surface area contributed by atoms with Crippen LogP contribution >= 0.6 is 0 Å². The van der Waals surface area contributed by atoms with Gasteiger partial charge in [0.25, 0.3) is 0 Å². The van der Waals surface area contributed by atoms with Gasteiger partial charge >= 0.3 is 0 Å². The van der Waals surface area contributed by atoms with Gasteiger partial charge < -0.3 is 15.9 Å². The molecule has 0 aromatic rings.